The topological polar surface area (TPSA) is 107 Å². The molecule has 0 fully saturated rings. The standard InChI is InChI=1S/C18H19NO5/c20-14-8-6-13(7-9-14)10-15(18(23)24)19-17(22)16(21)11-12-4-2-1-3-5-12/h1-9,15-16,20-21H,10-11H2,(H,19,22)(H,23,24)/t15-,16-/m0/s1. The number of amides is 1. The minimum absolute atomic E-state index is 0.0550. The maximum Gasteiger partial charge on any atom is 0.326 e. The van der Waals surface area contributed by atoms with Gasteiger partial charge >= 0.3 is 5.97 Å². The predicted molar refractivity (Wildman–Crippen MR) is 87.5 cm³/mol. The minimum Gasteiger partial charge on any atom is -0.508 e. The van der Waals surface area contributed by atoms with E-state index in [9.17, 15) is 24.9 Å². The van der Waals surface area contributed by atoms with E-state index in [1.165, 1.54) is 12.1 Å². The third kappa shape index (κ3) is 5.10. The lowest BCUT2D eigenvalue weighted by Gasteiger charge is -2.17. The van der Waals surface area contributed by atoms with Crippen LogP contribution in [0.1, 0.15) is 11.1 Å². The van der Waals surface area contributed by atoms with Gasteiger partial charge in [0.1, 0.15) is 17.9 Å². The Bertz CT molecular complexity index is 684. The molecule has 0 radical (unpaired) electrons. The number of phenols is 1. The van der Waals surface area contributed by atoms with E-state index >= 15 is 0 Å². The summed E-state index contributed by atoms with van der Waals surface area (Å²) in [4.78, 5) is 23.4. The second kappa shape index (κ2) is 8.12. The van der Waals surface area contributed by atoms with Crippen LogP contribution in [0.3, 0.4) is 0 Å². The molecule has 24 heavy (non-hydrogen) atoms. The maximum atomic E-state index is 12.0. The van der Waals surface area contributed by atoms with Crippen molar-refractivity contribution in [2.24, 2.45) is 0 Å². The molecule has 0 bridgehead atoms. The molecule has 2 aromatic rings. The van der Waals surface area contributed by atoms with Gasteiger partial charge in [-0.05, 0) is 23.3 Å². The average Bonchev–Trinajstić information content (AvgIpc) is 2.56. The molecule has 0 saturated carbocycles. The first kappa shape index (κ1) is 17.5. The molecule has 0 aromatic heterocycles. The number of carboxylic acids is 1. The van der Waals surface area contributed by atoms with E-state index in [-0.39, 0.29) is 18.6 Å². The fraction of sp³-hybridized carbons (Fsp3) is 0.222. The maximum absolute atomic E-state index is 12.0. The molecule has 0 unspecified atom stereocenters. The molecular weight excluding hydrogens is 310 g/mol. The largest absolute Gasteiger partial charge is 0.508 e. The number of carboxylic acid groups (broad SMARTS) is 1. The molecule has 6 nitrogen and oxygen atoms in total. The van der Waals surface area contributed by atoms with E-state index in [1.807, 2.05) is 6.07 Å². The number of nitrogens with one attached hydrogen (secondary N) is 1. The Labute approximate surface area is 139 Å². The first-order valence-corrected chi connectivity index (χ1v) is 7.49. The molecule has 0 saturated heterocycles. The number of aromatic hydroxyl groups is 1. The fourth-order valence-electron chi connectivity index (χ4n) is 2.27. The summed E-state index contributed by atoms with van der Waals surface area (Å²) in [5.41, 5.74) is 1.43. The highest BCUT2D eigenvalue weighted by atomic mass is 16.4. The van der Waals surface area contributed by atoms with Gasteiger partial charge in [0.2, 0.25) is 5.91 Å². The molecule has 0 heterocycles. The van der Waals surface area contributed by atoms with Crippen molar-refractivity contribution in [3.63, 3.8) is 0 Å². The molecular formula is C18H19NO5. The van der Waals surface area contributed by atoms with Crippen LogP contribution in [0.25, 0.3) is 0 Å². The van der Waals surface area contributed by atoms with E-state index in [0.717, 1.165) is 5.56 Å². The number of aliphatic hydroxyl groups excluding tert-OH is 1. The van der Waals surface area contributed by atoms with Crippen LogP contribution in [-0.4, -0.2) is 39.3 Å². The molecule has 2 atom stereocenters. The molecule has 0 spiro atoms. The highest BCUT2D eigenvalue weighted by Crippen LogP contribution is 2.12. The molecule has 1 amide bonds. The Kier molecular flexibility index (Phi) is 5.92. The zero-order chi connectivity index (χ0) is 17.5. The van der Waals surface area contributed by atoms with Gasteiger partial charge in [0, 0.05) is 12.8 Å². The summed E-state index contributed by atoms with van der Waals surface area (Å²) in [7, 11) is 0. The van der Waals surface area contributed by atoms with Crippen LogP contribution < -0.4 is 5.32 Å². The number of phenolic OH excluding ortho intramolecular Hbond substituents is 1. The third-order valence-electron chi connectivity index (χ3n) is 3.57. The Morgan fingerprint density at radius 1 is 0.917 bits per heavy atom. The van der Waals surface area contributed by atoms with Crippen LogP contribution in [0.4, 0.5) is 0 Å². The number of carbonyl (C=O) groups excluding carboxylic acids is 1. The van der Waals surface area contributed by atoms with Gasteiger partial charge in [-0.2, -0.15) is 0 Å². The number of hydrogen-bond donors (Lipinski definition) is 4. The van der Waals surface area contributed by atoms with E-state index < -0.39 is 24.0 Å². The van der Waals surface area contributed by atoms with Crippen molar-refractivity contribution in [1.29, 1.82) is 0 Å². The lowest BCUT2D eigenvalue weighted by molar-refractivity contribution is -0.143. The Hall–Kier alpha value is -2.86. The quantitative estimate of drug-likeness (QED) is 0.609. The van der Waals surface area contributed by atoms with E-state index in [0.29, 0.717) is 5.56 Å². The van der Waals surface area contributed by atoms with Gasteiger partial charge in [0.15, 0.2) is 0 Å². The number of aliphatic carboxylic acids is 1. The molecule has 0 aliphatic rings. The Morgan fingerprint density at radius 2 is 1.50 bits per heavy atom. The summed E-state index contributed by atoms with van der Waals surface area (Å²) in [6, 6.07) is 13.9. The van der Waals surface area contributed by atoms with Gasteiger partial charge in [0.25, 0.3) is 0 Å². The Morgan fingerprint density at radius 3 is 2.08 bits per heavy atom. The summed E-state index contributed by atoms with van der Waals surface area (Å²) in [5.74, 6) is -1.85. The lowest BCUT2D eigenvalue weighted by atomic mass is 10.0. The zero-order valence-electron chi connectivity index (χ0n) is 12.9. The number of benzene rings is 2. The smallest absolute Gasteiger partial charge is 0.326 e. The molecule has 2 rings (SSSR count). The van der Waals surface area contributed by atoms with Gasteiger partial charge in [-0.1, -0.05) is 42.5 Å². The highest BCUT2D eigenvalue weighted by molar-refractivity contribution is 5.86. The summed E-state index contributed by atoms with van der Waals surface area (Å²) >= 11 is 0. The van der Waals surface area contributed by atoms with Crippen molar-refractivity contribution in [2.75, 3.05) is 0 Å². The van der Waals surface area contributed by atoms with E-state index in [2.05, 4.69) is 5.32 Å². The minimum atomic E-state index is -1.32. The first-order chi connectivity index (χ1) is 11.5. The van der Waals surface area contributed by atoms with Crippen molar-refractivity contribution >= 4 is 11.9 Å². The summed E-state index contributed by atoms with van der Waals surface area (Å²) in [6.07, 6.45) is -1.16. The van der Waals surface area contributed by atoms with Gasteiger partial charge in [-0.3, -0.25) is 4.79 Å². The molecule has 4 N–H and O–H groups in total. The van der Waals surface area contributed by atoms with Crippen LogP contribution in [0, 0.1) is 0 Å². The van der Waals surface area contributed by atoms with Gasteiger partial charge in [0.05, 0.1) is 0 Å². The van der Waals surface area contributed by atoms with Crippen LogP contribution in [-0.2, 0) is 22.4 Å². The summed E-state index contributed by atoms with van der Waals surface area (Å²) < 4.78 is 0. The van der Waals surface area contributed by atoms with Crippen molar-refractivity contribution in [3.8, 4) is 5.75 Å². The molecule has 0 aliphatic carbocycles. The monoisotopic (exact) mass is 329 g/mol. The summed E-state index contributed by atoms with van der Waals surface area (Å²) in [5, 5.41) is 30.8. The van der Waals surface area contributed by atoms with E-state index in [1.54, 1.807) is 36.4 Å². The van der Waals surface area contributed by atoms with E-state index in [4.69, 9.17) is 0 Å². The number of hydrogen-bond acceptors (Lipinski definition) is 4. The van der Waals surface area contributed by atoms with Crippen LogP contribution in [0.2, 0.25) is 0 Å². The van der Waals surface area contributed by atoms with Crippen LogP contribution in [0.5, 0.6) is 5.75 Å². The Balaban J connectivity index is 1.97. The fourth-order valence-corrected chi connectivity index (χ4v) is 2.27. The van der Waals surface area contributed by atoms with Crippen molar-refractivity contribution in [1.82, 2.24) is 5.32 Å². The average molecular weight is 329 g/mol. The second-order valence-electron chi connectivity index (χ2n) is 5.48. The zero-order valence-corrected chi connectivity index (χ0v) is 12.9. The lowest BCUT2D eigenvalue weighted by Crippen LogP contribution is -2.47. The number of aliphatic hydroxyl groups is 1. The first-order valence-electron chi connectivity index (χ1n) is 7.49. The van der Waals surface area contributed by atoms with Gasteiger partial charge in [-0.25, -0.2) is 4.79 Å². The highest BCUT2D eigenvalue weighted by Gasteiger charge is 2.24. The predicted octanol–water partition coefficient (Wildman–Crippen LogP) is 1.11. The van der Waals surface area contributed by atoms with Crippen LogP contribution >= 0.6 is 0 Å². The normalized spacial score (nSPS) is 13.0. The van der Waals surface area contributed by atoms with Crippen LogP contribution in [0.15, 0.2) is 54.6 Å². The summed E-state index contributed by atoms with van der Waals surface area (Å²) in [6.45, 7) is 0. The van der Waals surface area contributed by atoms with Crippen molar-refractivity contribution in [2.45, 2.75) is 25.0 Å². The van der Waals surface area contributed by atoms with Gasteiger partial charge in [-0.15, -0.1) is 0 Å². The molecule has 0 aliphatic heterocycles. The van der Waals surface area contributed by atoms with Crippen molar-refractivity contribution < 1.29 is 24.9 Å². The number of rotatable bonds is 7. The van der Waals surface area contributed by atoms with Crippen molar-refractivity contribution in [3.05, 3.63) is 65.7 Å². The second-order valence-corrected chi connectivity index (χ2v) is 5.48. The molecule has 2 aromatic carbocycles. The molecule has 126 valence electrons. The number of carbonyl (C=O) groups is 2. The third-order valence-corrected chi connectivity index (χ3v) is 3.57. The SMILES string of the molecule is O=C(O)[C@H](Cc1ccc(O)cc1)NC(=O)[C@@H](O)Cc1ccccc1. The molecule has 6 heteroatoms. The van der Waals surface area contributed by atoms with Gasteiger partial charge < -0.3 is 20.6 Å².